The van der Waals surface area contributed by atoms with Crippen LogP contribution in [0.4, 0.5) is 0 Å². The van der Waals surface area contributed by atoms with Crippen molar-refractivity contribution in [3.05, 3.63) is 0 Å². The van der Waals surface area contributed by atoms with Crippen LogP contribution in [0.2, 0.25) is 0 Å². The first-order valence-electron chi connectivity index (χ1n) is 4.44. The van der Waals surface area contributed by atoms with Gasteiger partial charge in [0.2, 0.25) is 0 Å². The highest BCUT2D eigenvalue weighted by atomic mass is 16.6. The zero-order chi connectivity index (χ0) is 9.78. The van der Waals surface area contributed by atoms with Gasteiger partial charge in [-0.05, 0) is 6.42 Å². The SMILES string of the molecule is C1COCCO1.O=CCCCC=O. The topological polar surface area (TPSA) is 52.6 Å². The van der Waals surface area contributed by atoms with Gasteiger partial charge < -0.3 is 19.1 Å². The van der Waals surface area contributed by atoms with E-state index in [0.717, 1.165) is 39.0 Å². The number of rotatable bonds is 4. The molecule has 1 fully saturated rings. The van der Waals surface area contributed by atoms with E-state index < -0.39 is 0 Å². The molecule has 0 saturated carbocycles. The van der Waals surface area contributed by atoms with Crippen molar-refractivity contribution in [2.75, 3.05) is 26.4 Å². The number of unbranched alkanes of at least 4 members (excludes halogenated alkanes) is 2. The summed E-state index contributed by atoms with van der Waals surface area (Å²) in [5.41, 5.74) is 0. The van der Waals surface area contributed by atoms with Crippen LogP contribution >= 0.6 is 0 Å². The second-order valence-electron chi connectivity index (χ2n) is 2.49. The molecule has 0 aromatic rings. The van der Waals surface area contributed by atoms with Gasteiger partial charge in [-0.15, -0.1) is 0 Å². The minimum absolute atomic E-state index is 0.513. The summed E-state index contributed by atoms with van der Waals surface area (Å²) in [7, 11) is 0. The molecule has 1 rings (SSSR count). The summed E-state index contributed by atoms with van der Waals surface area (Å²) < 4.78 is 9.89. The molecule has 4 heteroatoms. The molecule has 0 N–H and O–H groups in total. The smallest absolute Gasteiger partial charge is 0.120 e. The maximum absolute atomic E-state index is 9.56. The Balaban J connectivity index is 0.000000223. The largest absolute Gasteiger partial charge is 0.377 e. The normalized spacial score (nSPS) is 15.4. The van der Waals surface area contributed by atoms with E-state index in [1.165, 1.54) is 0 Å². The average molecular weight is 188 g/mol. The van der Waals surface area contributed by atoms with Crippen molar-refractivity contribution in [2.45, 2.75) is 19.3 Å². The zero-order valence-electron chi connectivity index (χ0n) is 7.74. The van der Waals surface area contributed by atoms with Crippen LogP contribution < -0.4 is 0 Å². The third kappa shape index (κ3) is 11.3. The first kappa shape index (κ1) is 12.3. The van der Waals surface area contributed by atoms with E-state index >= 15 is 0 Å². The summed E-state index contributed by atoms with van der Waals surface area (Å²) in [6.07, 6.45) is 3.37. The lowest BCUT2D eigenvalue weighted by molar-refractivity contribution is -0.108. The zero-order valence-corrected chi connectivity index (χ0v) is 7.74. The van der Waals surface area contributed by atoms with Crippen molar-refractivity contribution in [1.29, 1.82) is 0 Å². The fourth-order valence-electron chi connectivity index (χ4n) is 0.724. The quantitative estimate of drug-likeness (QED) is 0.478. The number of hydrogen-bond acceptors (Lipinski definition) is 4. The number of carbonyl (C=O) groups excluding carboxylic acids is 2. The fraction of sp³-hybridized carbons (Fsp3) is 0.778. The van der Waals surface area contributed by atoms with Crippen molar-refractivity contribution in [2.24, 2.45) is 0 Å². The van der Waals surface area contributed by atoms with E-state index in [9.17, 15) is 9.59 Å². The molecule has 0 unspecified atom stereocenters. The molecule has 1 heterocycles. The first-order chi connectivity index (χ1) is 6.41. The van der Waals surface area contributed by atoms with Crippen molar-refractivity contribution < 1.29 is 19.1 Å². The Kier molecular flexibility index (Phi) is 10.6. The van der Waals surface area contributed by atoms with Crippen molar-refractivity contribution in [3.8, 4) is 0 Å². The van der Waals surface area contributed by atoms with Gasteiger partial charge in [0.15, 0.2) is 0 Å². The molecule has 0 amide bonds. The number of carbonyl (C=O) groups is 2. The third-order valence-corrected chi connectivity index (χ3v) is 1.39. The van der Waals surface area contributed by atoms with E-state index in [2.05, 4.69) is 0 Å². The molecule has 4 nitrogen and oxygen atoms in total. The molecule has 1 saturated heterocycles. The van der Waals surface area contributed by atoms with Crippen LogP contribution in [-0.4, -0.2) is 39.0 Å². The second kappa shape index (κ2) is 11.3. The highest BCUT2D eigenvalue weighted by Gasteiger charge is 1.94. The van der Waals surface area contributed by atoms with Gasteiger partial charge in [0.25, 0.3) is 0 Å². The molecule has 13 heavy (non-hydrogen) atoms. The standard InChI is InChI=1S/C5H8O2.C4H8O2/c6-4-2-1-3-5-7;1-2-6-4-3-5-1/h4-5H,1-3H2;1-4H2. The number of hydrogen-bond donors (Lipinski definition) is 0. The summed E-state index contributed by atoms with van der Waals surface area (Å²) in [5.74, 6) is 0. The van der Waals surface area contributed by atoms with Gasteiger partial charge in [-0.1, -0.05) is 0 Å². The van der Waals surface area contributed by atoms with Crippen molar-refractivity contribution >= 4 is 12.6 Å². The lowest BCUT2D eigenvalue weighted by Crippen LogP contribution is -2.16. The summed E-state index contributed by atoms with van der Waals surface area (Å²) in [6.45, 7) is 3.11. The molecule has 0 aliphatic carbocycles. The van der Waals surface area contributed by atoms with Gasteiger partial charge in [0.1, 0.15) is 12.6 Å². The van der Waals surface area contributed by atoms with Crippen LogP contribution in [0.3, 0.4) is 0 Å². The van der Waals surface area contributed by atoms with E-state index in [-0.39, 0.29) is 0 Å². The summed E-state index contributed by atoms with van der Waals surface area (Å²) in [6, 6.07) is 0. The Morgan fingerprint density at radius 3 is 1.46 bits per heavy atom. The third-order valence-electron chi connectivity index (χ3n) is 1.39. The predicted molar refractivity (Wildman–Crippen MR) is 47.6 cm³/mol. The van der Waals surface area contributed by atoms with Crippen LogP contribution in [0.1, 0.15) is 19.3 Å². The highest BCUT2D eigenvalue weighted by Crippen LogP contribution is 1.86. The Hall–Kier alpha value is -0.740. The molecule has 0 atom stereocenters. The minimum Gasteiger partial charge on any atom is -0.377 e. The lowest BCUT2D eigenvalue weighted by Gasteiger charge is -2.09. The first-order valence-corrected chi connectivity index (χ1v) is 4.44. The minimum atomic E-state index is 0.513. The van der Waals surface area contributed by atoms with Gasteiger partial charge in [-0.3, -0.25) is 0 Å². The average Bonchev–Trinajstić information content (AvgIpc) is 2.22. The van der Waals surface area contributed by atoms with Gasteiger partial charge in [0.05, 0.1) is 26.4 Å². The molecule has 0 aromatic heterocycles. The maximum Gasteiger partial charge on any atom is 0.120 e. The Labute approximate surface area is 78.2 Å². The molecule has 0 radical (unpaired) electrons. The molecule has 0 aromatic carbocycles. The second-order valence-corrected chi connectivity index (χ2v) is 2.49. The monoisotopic (exact) mass is 188 g/mol. The molecule has 0 bridgehead atoms. The number of ether oxygens (including phenoxy) is 2. The van der Waals surface area contributed by atoms with Crippen molar-refractivity contribution in [3.63, 3.8) is 0 Å². The molecule has 1 aliphatic heterocycles. The Morgan fingerprint density at radius 2 is 1.23 bits per heavy atom. The summed E-state index contributed by atoms with van der Waals surface area (Å²) in [4.78, 5) is 19.1. The van der Waals surface area contributed by atoms with Crippen LogP contribution in [0.15, 0.2) is 0 Å². The van der Waals surface area contributed by atoms with E-state index in [1.807, 2.05) is 0 Å². The Bertz CT molecular complexity index is 101. The van der Waals surface area contributed by atoms with Crippen LogP contribution in [-0.2, 0) is 19.1 Å². The van der Waals surface area contributed by atoms with E-state index in [0.29, 0.717) is 19.3 Å². The van der Waals surface area contributed by atoms with Crippen molar-refractivity contribution in [1.82, 2.24) is 0 Å². The van der Waals surface area contributed by atoms with Gasteiger partial charge in [-0.2, -0.15) is 0 Å². The summed E-state index contributed by atoms with van der Waals surface area (Å²) >= 11 is 0. The van der Waals surface area contributed by atoms with Gasteiger partial charge in [-0.25, -0.2) is 0 Å². The van der Waals surface area contributed by atoms with Crippen LogP contribution in [0.25, 0.3) is 0 Å². The maximum atomic E-state index is 9.56. The van der Waals surface area contributed by atoms with E-state index in [4.69, 9.17) is 9.47 Å². The predicted octanol–water partition coefficient (Wildman–Crippen LogP) is 0.588. The molecular weight excluding hydrogens is 172 g/mol. The molecular formula is C9H16O4. The van der Waals surface area contributed by atoms with Gasteiger partial charge >= 0.3 is 0 Å². The Morgan fingerprint density at radius 1 is 0.846 bits per heavy atom. The molecule has 1 aliphatic rings. The summed E-state index contributed by atoms with van der Waals surface area (Å²) in [5, 5.41) is 0. The highest BCUT2D eigenvalue weighted by molar-refractivity contribution is 5.52. The van der Waals surface area contributed by atoms with Crippen LogP contribution in [0, 0.1) is 0 Å². The van der Waals surface area contributed by atoms with E-state index in [1.54, 1.807) is 0 Å². The number of aldehydes is 2. The molecule has 76 valence electrons. The lowest BCUT2D eigenvalue weighted by atomic mass is 10.3. The van der Waals surface area contributed by atoms with Crippen LogP contribution in [0.5, 0.6) is 0 Å². The fourth-order valence-corrected chi connectivity index (χ4v) is 0.724. The molecule has 0 spiro atoms. The van der Waals surface area contributed by atoms with Gasteiger partial charge in [0, 0.05) is 12.8 Å².